The van der Waals surface area contributed by atoms with Gasteiger partial charge in [0.15, 0.2) is 0 Å². The molecule has 0 amide bonds. The summed E-state index contributed by atoms with van der Waals surface area (Å²) in [6.45, 7) is 10.5. The lowest BCUT2D eigenvalue weighted by atomic mass is 9.82. The van der Waals surface area contributed by atoms with Gasteiger partial charge in [0.2, 0.25) is 0 Å². The lowest BCUT2D eigenvalue weighted by molar-refractivity contribution is 0.207. The Kier molecular flexibility index (Phi) is 2.94. The van der Waals surface area contributed by atoms with Gasteiger partial charge in [0.05, 0.1) is 0 Å². The third-order valence-electron chi connectivity index (χ3n) is 3.10. The maximum Gasteiger partial charge on any atom is 0.00928 e. The third-order valence-corrected chi connectivity index (χ3v) is 3.10. The molecule has 1 fully saturated rings. The molecule has 1 saturated heterocycles. The largest absolute Gasteiger partial charge is 0.313 e. The summed E-state index contributed by atoms with van der Waals surface area (Å²) >= 11 is 0. The molecule has 0 aliphatic carbocycles. The Labute approximate surface area is 70.6 Å². The van der Waals surface area contributed by atoms with Crippen LogP contribution >= 0.6 is 0 Å². The van der Waals surface area contributed by atoms with Crippen molar-refractivity contribution in [1.82, 2.24) is 5.32 Å². The lowest BCUT2D eigenvalue weighted by Crippen LogP contribution is -2.44. The van der Waals surface area contributed by atoms with Gasteiger partial charge >= 0.3 is 0 Å². The van der Waals surface area contributed by atoms with Gasteiger partial charge in [-0.2, -0.15) is 0 Å². The molecule has 1 aliphatic rings. The van der Waals surface area contributed by atoms with Crippen LogP contribution in [0.15, 0.2) is 0 Å². The first-order chi connectivity index (χ1) is 5.11. The fourth-order valence-corrected chi connectivity index (χ4v) is 1.76. The van der Waals surface area contributed by atoms with Crippen molar-refractivity contribution in [3.63, 3.8) is 0 Å². The number of nitrogens with one attached hydrogen (secondary N) is 1. The normalized spacial score (nSPS) is 39.5. The van der Waals surface area contributed by atoms with Gasteiger partial charge in [0, 0.05) is 6.04 Å². The van der Waals surface area contributed by atoms with E-state index in [1.165, 1.54) is 13.0 Å². The summed E-state index contributed by atoms with van der Waals surface area (Å²) < 4.78 is 0. The number of hydrogen-bond acceptors (Lipinski definition) is 1. The molecular weight excluding hydrogens is 134 g/mol. The predicted molar refractivity (Wildman–Crippen MR) is 49.6 cm³/mol. The van der Waals surface area contributed by atoms with Crippen LogP contribution in [0.3, 0.4) is 0 Å². The molecule has 0 bridgehead atoms. The minimum Gasteiger partial charge on any atom is -0.313 e. The van der Waals surface area contributed by atoms with E-state index in [0.717, 1.165) is 23.8 Å². The van der Waals surface area contributed by atoms with Gasteiger partial charge in [-0.3, -0.25) is 0 Å². The quantitative estimate of drug-likeness (QED) is 0.612. The molecule has 1 nitrogen and oxygen atoms in total. The second-order valence-corrected chi connectivity index (χ2v) is 4.45. The van der Waals surface area contributed by atoms with E-state index in [1.54, 1.807) is 0 Å². The van der Waals surface area contributed by atoms with Crippen molar-refractivity contribution in [3.05, 3.63) is 0 Å². The standard InChI is InChI=1S/C10H21N/c1-7(2)10-5-8(3)9(4)6-11-10/h7-11H,5-6H2,1-4H3. The van der Waals surface area contributed by atoms with E-state index >= 15 is 0 Å². The minimum absolute atomic E-state index is 0.765. The highest BCUT2D eigenvalue weighted by Crippen LogP contribution is 2.24. The summed E-state index contributed by atoms with van der Waals surface area (Å²) in [7, 11) is 0. The summed E-state index contributed by atoms with van der Waals surface area (Å²) in [5, 5.41) is 3.60. The van der Waals surface area contributed by atoms with Crippen molar-refractivity contribution >= 4 is 0 Å². The molecule has 1 rings (SSSR count). The van der Waals surface area contributed by atoms with Crippen LogP contribution in [0.25, 0.3) is 0 Å². The smallest absolute Gasteiger partial charge is 0.00928 e. The molecule has 0 aromatic heterocycles. The van der Waals surface area contributed by atoms with Crippen molar-refractivity contribution in [3.8, 4) is 0 Å². The Morgan fingerprint density at radius 2 is 1.82 bits per heavy atom. The zero-order chi connectivity index (χ0) is 8.43. The molecule has 0 spiro atoms. The zero-order valence-electron chi connectivity index (χ0n) is 8.22. The Bertz CT molecular complexity index is 120. The second-order valence-electron chi connectivity index (χ2n) is 4.45. The molecule has 0 saturated carbocycles. The molecule has 11 heavy (non-hydrogen) atoms. The van der Waals surface area contributed by atoms with Crippen LogP contribution in [0, 0.1) is 17.8 Å². The van der Waals surface area contributed by atoms with E-state index in [-0.39, 0.29) is 0 Å². The average molecular weight is 155 g/mol. The third kappa shape index (κ3) is 2.19. The van der Waals surface area contributed by atoms with E-state index < -0.39 is 0 Å². The number of hydrogen-bond donors (Lipinski definition) is 1. The Hall–Kier alpha value is -0.0400. The summed E-state index contributed by atoms with van der Waals surface area (Å²) in [4.78, 5) is 0. The van der Waals surface area contributed by atoms with E-state index in [2.05, 4.69) is 33.0 Å². The highest BCUT2D eigenvalue weighted by Gasteiger charge is 2.25. The Balaban J connectivity index is 2.40. The second kappa shape index (κ2) is 3.57. The fraction of sp³-hybridized carbons (Fsp3) is 1.00. The molecule has 0 aromatic carbocycles. The Morgan fingerprint density at radius 1 is 1.18 bits per heavy atom. The van der Waals surface area contributed by atoms with Crippen molar-refractivity contribution in [1.29, 1.82) is 0 Å². The maximum atomic E-state index is 3.60. The molecule has 66 valence electrons. The van der Waals surface area contributed by atoms with Crippen LogP contribution in [-0.4, -0.2) is 12.6 Å². The molecule has 0 aromatic rings. The summed E-state index contributed by atoms with van der Waals surface area (Å²) in [5.41, 5.74) is 0. The van der Waals surface area contributed by atoms with Crippen LogP contribution in [0.2, 0.25) is 0 Å². The topological polar surface area (TPSA) is 12.0 Å². The summed E-state index contributed by atoms with van der Waals surface area (Å²) in [6.07, 6.45) is 1.36. The van der Waals surface area contributed by atoms with Crippen LogP contribution in [-0.2, 0) is 0 Å². The van der Waals surface area contributed by atoms with Crippen LogP contribution in [0.1, 0.15) is 34.1 Å². The van der Waals surface area contributed by atoms with Gasteiger partial charge < -0.3 is 5.32 Å². The molecule has 3 atom stereocenters. The van der Waals surface area contributed by atoms with Crippen LogP contribution < -0.4 is 5.32 Å². The van der Waals surface area contributed by atoms with E-state index in [9.17, 15) is 0 Å². The van der Waals surface area contributed by atoms with Gasteiger partial charge in [0.25, 0.3) is 0 Å². The average Bonchev–Trinajstić information content (AvgIpc) is 1.94. The van der Waals surface area contributed by atoms with Crippen molar-refractivity contribution < 1.29 is 0 Å². The number of piperidine rings is 1. The minimum atomic E-state index is 0.765. The Morgan fingerprint density at radius 3 is 2.27 bits per heavy atom. The summed E-state index contributed by atoms with van der Waals surface area (Å²) in [5.74, 6) is 2.57. The van der Waals surface area contributed by atoms with Gasteiger partial charge in [-0.05, 0) is 30.7 Å². The molecular formula is C10H21N. The van der Waals surface area contributed by atoms with Gasteiger partial charge in [-0.25, -0.2) is 0 Å². The zero-order valence-corrected chi connectivity index (χ0v) is 8.22. The highest BCUT2D eigenvalue weighted by atomic mass is 14.9. The van der Waals surface area contributed by atoms with Crippen molar-refractivity contribution in [2.45, 2.75) is 40.2 Å². The van der Waals surface area contributed by atoms with Gasteiger partial charge in [-0.15, -0.1) is 0 Å². The van der Waals surface area contributed by atoms with Gasteiger partial charge in [-0.1, -0.05) is 27.7 Å². The van der Waals surface area contributed by atoms with E-state index in [0.29, 0.717) is 0 Å². The fourth-order valence-electron chi connectivity index (χ4n) is 1.76. The maximum absolute atomic E-state index is 3.60. The first-order valence-electron chi connectivity index (χ1n) is 4.84. The monoisotopic (exact) mass is 155 g/mol. The van der Waals surface area contributed by atoms with Crippen molar-refractivity contribution in [2.24, 2.45) is 17.8 Å². The van der Waals surface area contributed by atoms with Crippen molar-refractivity contribution in [2.75, 3.05) is 6.54 Å². The molecule has 1 heterocycles. The van der Waals surface area contributed by atoms with E-state index in [4.69, 9.17) is 0 Å². The highest BCUT2D eigenvalue weighted by molar-refractivity contribution is 4.81. The van der Waals surface area contributed by atoms with Crippen LogP contribution in [0.5, 0.6) is 0 Å². The van der Waals surface area contributed by atoms with Crippen LogP contribution in [0.4, 0.5) is 0 Å². The molecule has 3 unspecified atom stereocenters. The molecule has 0 radical (unpaired) electrons. The number of rotatable bonds is 1. The molecule has 1 aliphatic heterocycles. The lowest BCUT2D eigenvalue weighted by Gasteiger charge is -2.35. The first kappa shape index (κ1) is 9.05. The molecule has 1 heteroatoms. The van der Waals surface area contributed by atoms with E-state index in [1.807, 2.05) is 0 Å². The molecule has 1 N–H and O–H groups in total. The summed E-state index contributed by atoms with van der Waals surface area (Å²) in [6, 6.07) is 0.765. The first-order valence-corrected chi connectivity index (χ1v) is 4.84. The predicted octanol–water partition coefficient (Wildman–Crippen LogP) is 2.28. The SMILES string of the molecule is CC(C)C1CC(C)C(C)CN1. The van der Waals surface area contributed by atoms with Gasteiger partial charge in [0.1, 0.15) is 0 Å².